The first kappa shape index (κ1) is 16.4. The second-order valence-corrected chi connectivity index (χ2v) is 0. The summed E-state index contributed by atoms with van der Waals surface area (Å²) < 4.78 is 8.38. The Morgan fingerprint density at radius 2 is 1.25 bits per heavy atom. The summed E-state index contributed by atoms with van der Waals surface area (Å²) in [5.41, 5.74) is 0. The molecule has 0 radical (unpaired) electrons. The molecule has 0 bridgehead atoms. The van der Waals surface area contributed by atoms with Gasteiger partial charge in [-0.05, 0) is 0 Å². The topological polar surface area (TPSA) is 17.1 Å². The van der Waals surface area contributed by atoms with Crippen molar-refractivity contribution in [1.29, 1.82) is 0 Å². The van der Waals surface area contributed by atoms with Crippen molar-refractivity contribution in [2.24, 2.45) is 0 Å². The minimum atomic E-state index is 0. The van der Waals surface area contributed by atoms with Gasteiger partial charge in [-0.2, -0.15) is 0 Å². The molecule has 4 heavy (non-hydrogen) atoms. The van der Waals surface area contributed by atoms with Crippen molar-refractivity contribution in [1.82, 2.24) is 0 Å². The molecule has 0 aliphatic carbocycles. The maximum absolute atomic E-state index is 8.38. The Labute approximate surface area is 72.2 Å². The Morgan fingerprint density at radius 3 is 1.25 bits per heavy atom. The van der Waals surface area contributed by atoms with Crippen LogP contribution in [0.1, 0.15) is 0 Å². The van der Waals surface area contributed by atoms with Crippen LogP contribution in [0.4, 0.5) is 0 Å². The summed E-state index contributed by atoms with van der Waals surface area (Å²) in [6, 6.07) is 0. The summed E-state index contributed by atoms with van der Waals surface area (Å²) in [5, 5.41) is 0. The van der Waals surface area contributed by atoms with Gasteiger partial charge in [-0.3, -0.25) is 0 Å². The molecule has 0 N–H and O–H groups in total. The molecule has 19 valence electrons. The van der Waals surface area contributed by atoms with Gasteiger partial charge in [-0.15, -0.1) is 0 Å². The van der Waals surface area contributed by atoms with Crippen molar-refractivity contribution in [2.75, 3.05) is 0 Å². The van der Waals surface area contributed by atoms with E-state index in [-0.39, 0.29) is 71.4 Å². The van der Waals surface area contributed by atoms with Gasteiger partial charge in [0, 0.05) is 0 Å². The molecule has 0 spiro atoms. The van der Waals surface area contributed by atoms with Gasteiger partial charge in [0.25, 0.3) is 0 Å². The van der Waals surface area contributed by atoms with Crippen LogP contribution in [0.3, 0.4) is 0 Å². The van der Waals surface area contributed by atoms with Gasteiger partial charge >= 0.3 is 56.1 Å². The predicted molar refractivity (Wildman–Crippen MR) is 19.2 cm³/mol. The molecule has 0 rings (SSSR count). The third-order valence-electron chi connectivity index (χ3n) is 0. The van der Waals surface area contributed by atoms with E-state index in [1.807, 2.05) is 0 Å². The van der Waals surface area contributed by atoms with Crippen molar-refractivity contribution in [3.8, 4) is 0 Å². The molecule has 0 saturated heterocycles. The van der Waals surface area contributed by atoms with Gasteiger partial charge in [-0.25, -0.2) is 0 Å². The Bertz CT molecular complexity index is 8.00. The average molecular weight is 161 g/mol. The summed E-state index contributed by atoms with van der Waals surface area (Å²) in [6.45, 7) is 0. The van der Waals surface area contributed by atoms with Crippen LogP contribution in [-0.2, 0) is 33.1 Å². The number of hydrogen-bond acceptors (Lipinski definition) is 1. The molecule has 4 heteroatoms. The van der Waals surface area contributed by atoms with Gasteiger partial charge in [0.05, 0.1) is 0 Å². The van der Waals surface area contributed by atoms with Crippen molar-refractivity contribution in [3.63, 3.8) is 0 Å². The van der Waals surface area contributed by atoms with Crippen LogP contribution >= 0.6 is 0 Å². The average Bonchev–Trinajstić information content (AvgIpc) is 1.00. The molecule has 0 saturated carbocycles. The van der Waals surface area contributed by atoms with E-state index in [4.69, 9.17) is 2.04 Å². The monoisotopic (exact) mass is 161 g/mol. The fourth-order valence-electron chi connectivity index (χ4n) is 0. The third-order valence-corrected chi connectivity index (χ3v) is 0. The van der Waals surface area contributed by atoms with E-state index in [0.29, 0.717) is 0 Å². The van der Waals surface area contributed by atoms with E-state index in [9.17, 15) is 0 Å². The molecule has 0 fully saturated rings. The van der Waals surface area contributed by atoms with Crippen LogP contribution in [0.25, 0.3) is 0 Å². The number of rotatable bonds is 0. The quantitative estimate of drug-likeness (QED) is 0.368. The fraction of sp³-hybridized carbons (Fsp3) is 0. The Balaban J connectivity index is -0.00000000500. The molecule has 0 aromatic carbocycles. The second kappa shape index (κ2) is 18.9. The van der Waals surface area contributed by atoms with Gasteiger partial charge in [-0.1, -0.05) is 0 Å². The van der Waals surface area contributed by atoms with E-state index >= 15 is 0 Å². The van der Waals surface area contributed by atoms with Gasteiger partial charge in [0.15, 0.2) is 17.4 Å². The standard InChI is InChI=1S/Al.Mg.O.Y.5H. The summed E-state index contributed by atoms with van der Waals surface area (Å²) in [5.74, 6) is 0. The molecule has 0 aliphatic heterocycles. The molecule has 0 aromatic rings. The van der Waals surface area contributed by atoms with Crippen LogP contribution in [-0.4, -0.2) is 40.4 Å². The zero-order valence-electron chi connectivity index (χ0n) is 0.986. The molecule has 0 aliphatic rings. The normalized spacial score (nSPS) is 1.50. The van der Waals surface area contributed by atoms with E-state index in [1.54, 1.807) is 0 Å². The first-order valence-electron chi connectivity index (χ1n) is 0.236. The molecule has 0 amide bonds. The minimum absolute atomic E-state index is 0. The van der Waals surface area contributed by atoms with Crippen molar-refractivity contribution in [3.05, 3.63) is 0 Å². The summed E-state index contributed by atoms with van der Waals surface area (Å²) in [4.78, 5) is 0. The Hall–Kier alpha value is 2.20. The van der Waals surface area contributed by atoms with Crippen LogP contribution in [0, 0.1) is 0 Å². The molecule has 0 atom stereocenters. The van der Waals surface area contributed by atoms with E-state index < -0.39 is 0 Å². The SMILES string of the molecule is [AlH3].[MgH2].[O]=[Y]. The summed E-state index contributed by atoms with van der Waals surface area (Å²) in [6.07, 6.45) is 0. The maximum atomic E-state index is 8.38. The molecule has 0 heterocycles. The summed E-state index contributed by atoms with van der Waals surface area (Å²) >= 11 is 0.100. The van der Waals surface area contributed by atoms with E-state index in [1.165, 1.54) is 0 Å². The van der Waals surface area contributed by atoms with Crippen LogP contribution in [0.5, 0.6) is 0 Å². The van der Waals surface area contributed by atoms with Crippen molar-refractivity contribution >= 4 is 40.4 Å². The van der Waals surface area contributed by atoms with Crippen LogP contribution in [0.2, 0.25) is 0 Å². The zero-order valence-corrected chi connectivity index (χ0v) is 3.82. The molecule has 0 unspecified atom stereocenters. The first-order valence-corrected chi connectivity index (χ1v) is 1.39. The van der Waals surface area contributed by atoms with Gasteiger partial charge < -0.3 is 0 Å². The molecular weight excluding hydrogens is 156 g/mol. The fourth-order valence-corrected chi connectivity index (χ4v) is 0. The number of hydrogen-bond donors (Lipinski definition) is 0. The molecular formula is H5AlMgOY. The second-order valence-electron chi connectivity index (χ2n) is 0. The predicted octanol–water partition coefficient (Wildman–Crippen LogP) is -2.22. The summed E-state index contributed by atoms with van der Waals surface area (Å²) in [7, 11) is 0. The van der Waals surface area contributed by atoms with Crippen molar-refractivity contribution < 1.29 is 33.1 Å². The van der Waals surface area contributed by atoms with Crippen LogP contribution < -0.4 is 0 Å². The Kier molecular flexibility index (Phi) is 77.5. The van der Waals surface area contributed by atoms with Gasteiger partial charge in [0.2, 0.25) is 0 Å². The van der Waals surface area contributed by atoms with E-state index in [0.717, 1.165) is 0 Å². The van der Waals surface area contributed by atoms with Crippen molar-refractivity contribution in [2.45, 2.75) is 0 Å². The van der Waals surface area contributed by atoms with Gasteiger partial charge in [0.1, 0.15) is 0 Å². The molecule has 1 nitrogen and oxygen atoms in total. The van der Waals surface area contributed by atoms with Crippen LogP contribution in [0.15, 0.2) is 0 Å². The Morgan fingerprint density at radius 1 is 1.25 bits per heavy atom. The zero-order chi connectivity index (χ0) is 2.00. The molecule has 0 aromatic heterocycles. The third kappa shape index (κ3) is 8.88. The first-order chi connectivity index (χ1) is 1.00. The van der Waals surface area contributed by atoms with E-state index in [2.05, 4.69) is 0 Å².